The minimum absolute atomic E-state index is 0.188. The molecule has 0 aliphatic heterocycles. The lowest BCUT2D eigenvalue weighted by molar-refractivity contribution is 0.0325. The standard InChI is InChI=1S/C13H26N4O/c1-6-7-14-11(13(18-5)10(2)3)8-12-15-9-16-17(12)4/h9-11,13-14H,6-8H2,1-5H3. The van der Waals surface area contributed by atoms with Gasteiger partial charge in [0.1, 0.15) is 12.2 Å². The average molecular weight is 254 g/mol. The van der Waals surface area contributed by atoms with Gasteiger partial charge in [0.05, 0.1) is 6.10 Å². The molecule has 0 saturated heterocycles. The summed E-state index contributed by atoms with van der Waals surface area (Å²) in [5.41, 5.74) is 0. The van der Waals surface area contributed by atoms with E-state index in [0.717, 1.165) is 25.2 Å². The Morgan fingerprint density at radius 2 is 2.17 bits per heavy atom. The Morgan fingerprint density at radius 3 is 2.61 bits per heavy atom. The SMILES string of the molecule is CCCNC(Cc1ncnn1C)C(OC)C(C)C. The van der Waals surface area contributed by atoms with Crippen LogP contribution in [-0.2, 0) is 18.2 Å². The van der Waals surface area contributed by atoms with E-state index < -0.39 is 0 Å². The van der Waals surface area contributed by atoms with Gasteiger partial charge in [-0.05, 0) is 18.9 Å². The van der Waals surface area contributed by atoms with Gasteiger partial charge in [0.15, 0.2) is 0 Å². The van der Waals surface area contributed by atoms with Crippen LogP contribution in [0, 0.1) is 5.92 Å². The normalized spacial score (nSPS) is 15.0. The van der Waals surface area contributed by atoms with Crippen LogP contribution < -0.4 is 5.32 Å². The fraction of sp³-hybridized carbons (Fsp3) is 0.846. The molecule has 1 aromatic rings. The molecule has 0 aromatic carbocycles. The van der Waals surface area contributed by atoms with Crippen LogP contribution in [0.25, 0.3) is 0 Å². The maximum atomic E-state index is 5.64. The topological polar surface area (TPSA) is 52.0 Å². The van der Waals surface area contributed by atoms with Gasteiger partial charge >= 0.3 is 0 Å². The number of methoxy groups -OCH3 is 1. The van der Waals surface area contributed by atoms with Crippen molar-refractivity contribution in [2.75, 3.05) is 13.7 Å². The van der Waals surface area contributed by atoms with Crippen molar-refractivity contribution in [1.29, 1.82) is 0 Å². The molecule has 1 N–H and O–H groups in total. The van der Waals surface area contributed by atoms with E-state index in [4.69, 9.17) is 4.74 Å². The Labute approximate surface area is 110 Å². The molecule has 104 valence electrons. The fourth-order valence-corrected chi connectivity index (χ4v) is 2.24. The van der Waals surface area contributed by atoms with Gasteiger partial charge < -0.3 is 10.1 Å². The van der Waals surface area contributed by atoms with Crippen molar-refractivity contribution in [1.82, 2.24) is 20.1 Å². The fourth-order valence-electron chi connectivity index (χ4n) is 2.24. The van der Waals surface area contributed by atoms with E-state index >= 15 is 0 Å². The molecule has 1 aromatic heterocycles. The minimum Gasteiger partial charge on any atom is -0.380 e. The van der Waals surface area contributed by atoms with Gasteiger partial charge in [-0.1, -0.05) is 20.8 Å². The number of ether oxygens (including phenoxy) is 1. The van der Waals surface area contributed by atoms with Crippen LogP contribution in [0.1, 0.15) is 33.0 Å². The summed E-state index contributed by atoms with van der Waals surface area (Å²) >= 11 is 0. The molecular weight excluding hydrogens is 228 g/mol. The Balaban J connectivity index is 2.74. The van der Waals surface area contributed by atoms with Crippen molar-refractivity contribution in [3.8, 4) is 0 Å². The third kappa shape index (κ3) is 4.07. The van der Waals surface area contributed by atoms with Crippen molar-refractivity contribution in [3.63, 3.8) is 0 Å². The number of rotatable bonds is 8. The molecule has 0 amide bonds. The predicted octanol–water partition coefficient (Wildman–Crippen LogP) is 1.40. The number of hydrogen-bond donors (Lipinski definition) is 1. The molecule has 0 bridgehead atoms. The molecule has 1 rings (SSSR count). The van der Waals surface area contributed by atoms with Crippen molar-refractivity contribution in [3.05, 3.63) is 12.2 Å². The lowest BCUT2D eigenvalue weighted by Crippen LogP contribution is -2.46. The van der Waals surface area contributed by atoms with E-state index in [-0.39, 0.29) is 12.1 Å². The average Bonchev–Trinajstić information content (AvgIpc) is 2.72. The number of nitrogens with zero attached hydrogens (tertiary/aromatic N) is 3. The molecule has 1 heterocycles. The summed E-state index contributed by atoms with van der Waals surface area (Å²) in [6, 6.07) is 0.276. The summed E-state index contributed by atoms with van der Waals surface area (Å²) in [7, 11) is 3.71. The Hall–Kier alpha value is -0.940. The van der Waals surface area contributed by atoms with Gasteiger partial charge in [-0.25, -0.2) is 4.98 Å². The zero-order valence-corrected chi connectivity index (χ0v) is 12.2. The molecule has 18 heavy (non-hydrogen) atoms. The van der Waals surface area contributed by atoms with E-state index in [2.05, 4.69) is 36.2 Å². The van der Waals surface area contributed by atoms with Crippen LogP contribution in [-0.4, -0.2) is 40.6 Å². The van der Waals surface area contributed by atoms with E-state index in [0.29, 0.717) is 5.92 Å². The van der Waals surface area contributed by atoms with Crippen molar-refractivity contribution < 1.29 is 4.74 Å². The van der Waals surface area contributed by atoms with E-state index in [1.54, 1.807) is 13.4 Å². The molecule has 0 fully saturated rings. The van der Waals surface area contributed by atoms with Crippen molar-refractivity contribution >= 4 is 0 Å². The lowest BCUT2D eigenvalue weighted by Gasteiger charge is -2.29. The molecule has 0 saturated carbocycles. The first-order valence-corrected chi connectivity index (χ1v) is 6.69. The van der Waals surface area contributed by atoms with Crippen molar-refractivity contribution in [2.24, 2.45) is 13.0 Å². The lowest BCUT2D eigenvalue weighted by atomic mass is 9.96. The van der Waals surface area contributed by atoms with Crippen LogP contribution in [0.5, 0.6) is 0 Å². The largest absolute Gasteiger partial charge is 0.380 e. The third-order valence-corrected chi connectivity index (χ3v) is 3.19. The molecule has 0 aliphatic rings. The van der Waals surface area contributed by atoms with Crippen LogP contribution in [0.4, 0.5) is 0 Å². The Morgan fingerprint density at radius 1 is 1.44 bits per heavy atom. The highest BCUT2D eigenvalue weighted by molar-refractivity contribution is 4.93. The van der Waals surface area contributed by atoms with E-state index in [9.17, 15) is 0 Å². The first kappa shape index (κ1) is 15.1. The third-order valence-electron chi connectivity index (χ3n) is 3.19. The van der Waals surface area contributed by atoms with Crippen LogP contribution >= 0.6 is 0 Å². The zero-order chi connectivity index (χ0) is 13.5. The quantitative estimate of drug-likeness (QED) is 0.762. The molecule has 0 aliphatic carbocycles. The molecule has 5 nitrogen and oxygen atoms in total. The molecule has 0 spiro atoms. The highest BCUT2D eigenvalue weighted by Gasteiger charge is 2.25. The molecule has 5 heteroatoms. The minimum atomic E-state index is 0.188. The summed E-state index contributed by atoms with van der Waals surface area (Å²) in [4.78, 5) is 4.30. The molecule has 2 atom stereocenters. The number of aromatic nitrogens is 3. The van der Waals surface area contributed by atoms with Gasteiger partial charge in [-0.3, -0.25) is 4.68 Å². The van der Waals surface area contributed by atoms with Gasteiger partial charge in [0.25, 0.3) is 0 Å². The highest BCUT2D eigenvalue weighted by atomic mass is 16.5. The Bertz CT molecular complexity index is 337. The summed E-state index contributed by atoms with van der Waals surface area (Å²) in [5.74, 6) is 1.46. The monoisotopic (exact) mass is 254 g/mol. The Kier molecular flexibility index (Phi) is 6.29. The first-order chi connectivity index (χ1) is 8.60. The first-order valence-electron chi connectivity index (χ1n) is 6.69. The van der Waals surface area contributed by atoms with Gasteiger partial charge in [0, 0.05) is 26.6 Å². The van der Waals surface area contributed by atoms with Crippen LogP contribution in [0.2, 0.25) is 0 Å². The smallest absolute Gasteiger partial charge is 0.138 e. The number of hydrogen-bond acceptors (Lipinski definition) is 4. The highest BCUT2D eigenvalue weighted by Crippen LogP contribution is 2.14. The van der Waals surface area contributed by atoms with E-state index in [1.807, 2.05) is 11.7 Å². The molecule has 2 unspecified atom stereocenters. The predicted molar refractivity (Wildman–Crippen MR) is 72.4 cm³/mol. The van der Waals surface area contributed by atoms with Crippen molar-refractivity contribution in [2.45, 2.75) is 45.8 Å². The molecule has 0 radical (unpaired) electrons. The summed E-state index contributed by atoms with van der Waals surface area (Å²) in [5, 5.41) is 7.68. The van der Waals surface area contributed by atoms with Crippen LogP contribution in [0.15, 0.2) is 6.33 Å². The van der Waals surface area contributed by atoms with Gasteiger partial charge in [0.2, 0.25) is 0 Å². The van der Waals surface area contributed by atoms with Crippen LogP contribution in [0.3, 0.4) is 0 Å². The summed E-state index contributed by atoms with van der Waals surface area (Å²) in [6.45, 7) is 7.54. The number of nitrogens with one attached hydrogen (secondary N) is 1. The second-order valence-corrected chi connectivity index (χ2v) is 5.01. The van der Waals surface area contributed by atoms with Gasteiger partial charge in [-0.15, -0.1) is 0 Å². The van der Waals surface area contributed by atoms with E-state index in [1.165, 1.54) is 0 Å². The maximum Gasteiger partial charge on any atom is 0.138 e. The second kappa shape index (κ2) is 7.48. The summed E-state index contributed by atoms with van der Waals surface area (Å²) < 4.78 is 7.47. The van der Waals surface area contributed by atoms with Gasteiger partial charge in [-0.2, -0.15) is 5.10 Å². The number of aryl methyl sites for hydroxylation is 1. The zero-order valence-electron chi connectivity index (χ0n) is 12.2. The summed E-state index contributed by atoms with van der Waals surface area (Å²) in [6.07, 6.45) is 3.74. The maximum absolute atomic E-state index is 5.64. The molecular formula is C13H26N4O. The second-order valence-electron chi connectivity index (χ2n) is 5.01.